The first-order valence-corrected chi connectivity index (χ1v) is 6.32. The van der Waals surface area contributed by atoms with Crippen LogP contribution in [-0.4, -0.2) is 18.9 Å². The monoisotopic (exact) mass is 248 g/mol. The van der Waals surface area contributed by atoms with Crippen LogP contribution in [-0.2, 0) is 9.53 Å². The van der Waals surface area contributed by atoms with Gasteiger partial charge in [-0.05, 0) is 12.3 Å². The van der Waals surface area contributed by atoms with Crippen LogP contribution in [0.25, 0.3) is 0 Å². The van der Waals surface area contributed by atoms with Gasteiger partial charge >= 0.3 is 5.97 Å². The normalized spacial score (nSPS) is 11.9. The van der Waals surface area contributed by atoms with Crippen molar-refractivity contribution in [3.05, 3.63) is 35.9 Å². The molecule has 3 nitrogen and oxygen atoms in total. The van der Waals surface area contributed by atoms with Crippen LogP contribution in [0.1, 0.15) is 43.0 Å². The minimum atomic E-state index is -0.241. The number of ether oxygens (including phenoxy) is 1. The average molecular weight is 248 g/mol. The first-order chi connectivity index (χ1) is 8.67. The number of methoxy groups -OCH3 is 1. The SMILES string of the molecule is CCC[C@H](CC(=O)OC)CC(=O)c1ccccc1. The van der Waals surface area contributed by atoms with Gasteiger partial charge in [0, 0.05) is 18.4 Å². The molecule has 0 saturated carbocycles. The highest BCUT2D eigenvalue weighted by molar-refractivity contribution is 5.96. The molecule has 0 aliphatic carbocycles. The number of carbonyl (C=O) groups excluding carboxylic acids is 2. The van der Waals surface area contributed by atoms with Crippen molar-refractivity contribution in [1.29, 1.82) is 0 Å². The van der Waals surface area contributed by atoms with E-state index in [2.05, 4.69) is 11.7 Å². The van der Waals surface area contributed by atoms with Crippen LogP contribution in [0.2, 0.25) is 0 Å². The fourth-order valence-corrected chi connectivity index (χ4v) is 2.01. The highest BCUT2D eigenvalue weighted by atomic mass is 16.5. The van der Waals surface area contributed by atoms with E-state index in [9.17, 15) is 9.59 Å². The van der Waals surface area contributed by atoms with Crippen LogP contribution in [0.4, 0.5) is 0 Å². The maximum atomic E-state index is 12.0. The Bertz CT molecular complexity index is 384. The number of ketones is 1. The Morgan fingerprint density at radius 2 is 1.83 bits per heavy atom. The molecule has 0 heterocycles. The second-order valence-electron chi connectivity index (χ2n) is 4.43. The number of esters is 1. The topological polar surface area (TPSA) is 43.4 Å². The molecule has 0 aliphatic heterocycles. The number of hydrogen-bond acceptors (Lipinski definition) is 3. The second kappa shape index (κ2) is 7.64. The summed E-state index contributed by atoms with van der Waals surface area (Å²) in [5.41, 5.74) is 0.712. The lowest BCUT2D eigenvalue weighted by atomic mass is 9.92. The Morgan fingerprint density at radius 3 is 2.39 bits per heavy atom. The third-order valence-electron chi connectivity index (χ3n) is 2.95. The van der Waals surface area contributed by atoms with Crippen molar-refractivity contribution in [3.8, 4) is 0 Å². The summed E-state index contributed by atoms with van der Waals surface area (Å²) in [4.78, 5) is 23.3. The first kappa shape index (κ1) is 14.4. The Kier molecular flexibility index (Phi) is 6.12. The molecule has 1 aromatic rings. The predicted octanol–water partition coefficient (Wildman–Crippen LogP) is 3.24. The number of carbonyl (C=O) groups is 2. The van der Waals surface area contributed by atoms with E-state index in [0.717, 1.165) is 12.8 Å². The van der Waals surface area contributed by atoms with Crippen LogP contribution in [0.3, 0.4) is 0 Å². The quantitative estimate of drug-likeness (QED) is 0.549. The van der Waals surface area contributed by atoms with Gasteiger partial charge in [-0.3, -0.25) is 9.59 Å². The van der Waals surface area contributed by atoms with E-state index in [1.54, 1.807) is 0 Å². The highest BCUT2D eigenvalue weighted by Gasteiger charge is 2.18. The number of benzene rings is 1. The summed E-state index contributed by atoms with van der Waals surface area (Å²) in [7, 11) is 1.38. The fraction of sp³-hybridized carbons (Fsp3) is 0.467. The zero-order valence-corrected chi connectivity index (χ0v) is 11.0. The van der Waals surface area contributed by atoms with Crippen molar-refractivity contribution >= 4 is 11.8 Å². The molecular weight excluding hydrogens is 228 g/mol. The average Bonchev–Trinajstić information content (AvgIpc) is 2.39. The Balaban J connectivity index is 2.60. The van der Waals surface area contributed by atoms with Crippen LogP contribution in [0.15, 0.2) is 30.3 Å². The predicted molar refractivity (Wildman–Crippen MR) is 70.4 cm³/mol. The summed E-state index contributed by atoms with van der Waals surface area (Å²) in [6, 6.07) is 9.20. The van der Waals surface area contributed by atoms with Crippen molar-refractivity contribution in [2.24, 2.45) is 5.92 Å². The van der Waals surface area contributed by atoms with Crippen LogP contribution in [0, 0.1) is 5.92 Å². The van der Waals surface area contributed by atoms with Gasteiger partial charge in [0.1, 0.15) is 0 Å². The molecule has 0 N–H and O–H groups in total. The summed E-state index contributed by atoms with van der Waals surface area (Å²) in [5, 5.41) is 0. The molecule has 0 unspecified atom stereocenters. The van der Waals surface area contributed by atoms with Gasteiger partial charge in [-0.2, -0.15) is 0 Å². The maximum Gasteiger partial charge on any atom is 0.305 e. The number of rotatable bonds is 7. The molecule has 3 heteroatoms. The molecule has 1 atom stereocenters. The van der Waals surface area contributed by atoms with Crippen molar-refractivity contribution in [1.82, 2.24) is 0 Å². The van der Waals surface area contributed by atoms with Crippen molar-refractivity contribution in [2.75, 3.05) is 7.11 Å². The summed E-state index contributed by atoms with van der Waals surface area (Å²) in [5.74, 6) is -0.0672. The zero-order valence-electron chi connectivity index (χ0n) is 11.0. The van der Waals surface area contributed by atoms with Gasteiger partial charge in [0.05, 0.1) is 7.11 Å². The van der Waals surface area contributed by atoms with E-state index < -0.39 is 0 Å². The standard InChI is InChI=1S/C15H20O3/c1-3-7-12(11-15(17)18-2)10-14(16)13-8-5-4-6-9-13/h4-6,8-9,12H,3,7,10-11H2,1-2H3/t12-/m0/s1. The fourth-order valence-electron chi connectivity index (χ4n) is 2.01. The van der Waals surface area contributed by atoms with Crippen molar-refractivity contribution < 1.29 is 14.3 Å². The summed E-state index contributed by atoms with van der Waals surface area (Å²) < 4.78 is 4.66. The molecule has 0 saturated heterocycles. The summed E-state index contributed by atoms with van der Waals surface area (Å²) in [6.07, 6.45) is 2.56. The van der Waals surface area contributed by atoms with Gasteiger partial charge < -0.3 is 4.74 Å². The lowest BCUT2D eigenvalue weighted by Crippen LogP contribution is -2.14. The van der Waals surface area contributed by atoms with E-state index in [1.807, 2.05) is 30.3 Å². The van der Waals surface area contributed by atoms with E-state index in [4.69, 9.17) is 0 Å². The second-order valence-corrected chi connectivity index (χ2v) is 4.43. The largest absolute Gasteiger partial charge is 0.469 e. The van der Waals surface area contributed by atoms with Crippen LogP contribution < -0.4 is 0 Å². The van der Waals surface area contributed by atoms with Crippen LogP contribution in [0.5, 0.6) is 0 Å². The van der Waals surface area contributed by atoms with Crippen LogP contribution >= 0.6 is 0 Å². The highest BCUT2D eigenvalue weighted by Crippen LogP contribution is 2.19. The number of hydrogen-bond donors (Lipinski definition) is 0. The van der Waals surface area contributed by atoms with Crippen molar-refractivity contribution in [3.63, 3.8) is 0 Å². The first-order valence-electron chi connectivity index (χ1n) is 6.32. The Morgan fingerprint density at radius 1 is 1.17 bits per heavy atom. The lowest BCUT2D eigenvalue weighted by Gasteiger charge is -2.13. The van der Waals surface area contributed by atoms with Crippen molar-refractivity contribution in [2.45, 2.75) is 32.6 Å². The molecule has 0 spiro atoms. The molecule has 0 bridgehead atoms. The molecule has 1 aromatic carbocycles. The van der Waals surface area contributed by atoms with E-state index in [-0.39, 0.29) is 17.7 Å². The smallest absolute Gasteiger partial charge is 0.305 e. The van der Waals surface area contributed by atoms with Gasteiger partial charge in [0.25, 0.3) is 0 Å². The van der Waals surface area contributed by atoms with Gasteiger partial charge in [-0.1, -0.05) is 43.7 Å². The Hall–Kier alpha value is -1.64. The minimum Gasteiger partial charge on any atom is -0.469 e. The molecular formula is C15H20O3. The van der Waals surface area contributed by atoms with E-state index in [1.165, 1.54) is 7.11 Å². The summed E-state index contributed by atoms with van der Waals surface area (Å²) in [6.45, 7) is 2.05. The minimum absolute atomic E-state index is 0.0788. The molecule has 0 aromatic heterocycles. The summed E-state index contributed by atoms with van der Waals surface area (Å²) >= 11 is 0. The molecule has 0 amide bonds. The Labute approximate surface area is 108 Å². The third kappa shape index (κ3) is 4.70. The van der Waals surface area contributed by atoms with E-state index >= 15 is 0 Å². The third-order valence-corrected chi connectivity index (χ3v) is 2.95. The molecule has 18 heavy (non-hydrogen) atoms. The number of Topliss-reactive ketones (excluding diaryl/α,β-unsaturated/α-hetero) is 1. The van der Waals surface area contributed by atoms with E-state index in [0.29, 0.717) is 18.4 Å². The van der Waals surface area contributed by atoms with Gasteiger partial charge in [0.2, 0.25) is 0 Å². The molecule has 0 radical (unpaired) electrons. The van der Waals surface area contributed by atoms with Gasteiger partial charge in [0.15, 0.2) is 5.78 Å². The zero-order chi connectivity index (χ0) is 13.4. The molecule has 0 fully saturated rings. The maximum absolute atomic E-state index is 12.0. The van der Waals surface area contributed by atoms with Gasteiger partial charge in [-0.15, -0.1) is 0 Å². The lowest BCUT2D eigenvalue weighted by molar-refractivity contribution is -0.141. The molecule has 0 aliphatic rings. The molecule has 1 rings (SSSR count). The molecule has 98 valence electrons. The van der Waals surface area contributed by atoms with Gasteiger partial charge in [-0.25, -0.2) is 0 Å².